The molecule has 0 bridgehead atoms. The van der Waals surface area contributed by atoms with E-state index < -0.39 is 0 Å². The number of carbonyl (C=O) groups excluding carboxylic acids is 1. The molecule has 6 nitrogen and oxygen atoms in total. The van der Waals surface area contributed by atoms with Gasteiger partial charge in [0, 0.05) is 49.2 Å². The number of hydrogen-bond donors (Lipinski definition) is 0. The lowest BCUT2D eigenvalue weighted by Gasteiger charge is -2.41. The summed E-state index contributed by atoms with van der Waals surface area (Å²) in [5.41, 5.74) is 1.42. The second-order valence-corrected chi connectivity index (χ2v) is 8.92. The third kappa shape index (κ3) is 4.18. The van der Waals surface area contributed by atoms with Crippen molar-refractivity contribution in [1.82, 2.24) is 19.8 Å². The van der Waals surface area contributed by atoms with E-state index in [9.17, 15) is 4.79 Å². The van der Waals surface area contributed by atoms with Gasteiger partial charge < -0.3 is 9.64 Å². The average Bonchev–Trinajstić information content (AvgIpc) is 3.32. The molecule has 2 aliphatic heterocycles. The Morgan fingerprint density at radius 3 is 2.57 bits per heavy atom. The Hall–Kier alpha value is -2.51. The number of hydrogen-bond acceptors (Lipinski definition) is 6. The molecule has 2 saturated heterocycles. The maximum absolute atomic E-state index is 12.9. The third-order valence-electron chi connectivity index (χ3n) is 6.24. The minimum Gasteiger partial charge on any atom is -0.467 e. The molecular formula is C23H26N4O2S. The molecule has 2 aromatic heterocycles. The van der Waals surface area contributed by atoms with Gasteiger partial charge >= 0.3 is 0 Å². The molecule has 0 saturated carbocycles. The molecule has 1 amide bonds. The first kappa shape index (κ1) is 19.5. The summed E-state index contributed by atoms with van der Waals surface area (Å²) in [6.07, 6.45) is 6.19. The summed E-state index contributed by atoms with van der Waals surface area (Å²) in [5, 5.41) is 3.80. The van der Waals surface area contributed by atoms with Crippen LogP contribution in [0.15, 0.2) is 48.0 Å². The highest BCUT2D eigenvalue weighted by Gasteiger charge is 2.31. The average molecular weight is 423 g/mol. The zero-order valence-electron chi connectivity index (χ0n) is 16.9. The van der Waals surface area contributed by atoms with Crippen molar-refractivity contribution >= 4 is 28.1 Å². The zero-order chi connectivity index (χ0) is 20.3. The predicted molar refractivity (Wildman–Crippen MR) is 118 cm³/mol. The van der Waals surface area contributed by atoms with Gasteiger partial charge in [-0.3, -0.25) is 9.69 Å². The molecule has 2 aliphatic rings. The highest BCUT2D eigenvalue weighted by atomic mass is 32.1. The van der Waals surface area contributed by atoms with Gasteiger partial charge in [-0.2, -0.15) is 0 Å². The molecule has 2 fully saturated rings. The molecule has 0 aliphatic carbocycles. The van der Waals surface area contributed by atoms with Crippen molar-refractivity contribution in [2.24, 2.45) is 0 Å². The Morgan fingerprint density at radius 2 is 1.80 bits per heavy atom. The molecule has 0 N–H and O–H groups in total. The quantitative estimate of drug-likeness (QED) is 0.639. The number of benzene rings is 1. The van der Waals surface area contributed by atoms with Crippen LogP contribution < -0.4 is 4.74 Å². The van der Waals surface area contributed by atoms with Gasteiger partial charge in [0.1, 0.15) is 11.8 Å². The van der Waals surface area contributed by atoms with Crippen LogP contribution in [-0.4, -0.2) is 64.0 Å². The highest BCUT2D eigenvalue weighted by molar-refractivity contribution is 7.11. The summed E-state index contributed by atoms with van der Waals surface area (Å²) >= 11 is 1.56. The Bertz CT molecular complexity index is 993. The number of thiazole rings is 1. The van der Waals surface area contributed by atoms with Gasteiger partial charge in [0.05, 0.1) is 5.52 Å². The lowest BCUT2D eigenvalue weighted by molar-refractivity contribution is 0.0422. The number of carbonyl (C=O) groups is 1. The number of amides is 1. The SMILES string of the molecule is O=C(c1ccc2ccccc2n1)N1CCC(N2CCC(Oc3nccs3)CC2)CC1. The van der Waals surface area contributed by atoms with E-state index >= 15 is 0 Å². The fraction of sp³-hybridized carbons (Fsp3) is 0.435. The number of ether oxygens (including phenoxy) is 1. The number of likely N-dealkylation sites (tertiary alicyclic amines) is 2. The first-order valence-electron chi connectivity index (χ1n) is 10.7. The summed E-state index contributed by atoms with van der Waals surface area (Å²) < 4.78 is 5.98. The summed E-state index contributed by atoms with van der Waals surface area (Å²) in [4.78, 5) is 26.3. The highest BCUT2D eigenvalue weighted by Crippen LogP contribution is 2.25. The van der Waals surface area contributed by atoms with Crippen LogP contribution >= 0.6 is 11.3 Å². The predicted octanol–water partition coefficient (Wildman–Crippen LogP) is 3.84. The largest absolute Gasteiger partial charge is 0.467 e. The molecule has 30 heavy (non-hydrogen) atoms. The fourth-order valence-electron chi connectivity index (χ4n) is 4.55. The van der Waals surface area contributed by atoms with E-state index in [1.54, 1.807) is 17.5 Å². The van der Waals surface area contributed by atoms with E-state index in [-0.39, 0.29) is 12.0 Å². The Balaban J connectivity index is 1.13. The second-order valence-electron chi connectivity index (χ2n) is 8.06. The van der Waals surface area contributed by atoms with Gasteiger partial charge in [0.15, 0.2) is 0 Å². The van der Waals surface area contributed by atoms with Gasteiger partial charge in [-0.1, -0.05) is 35.6 Å². The van der Waals surface area contributed by atoms with Gasteiger partial charge in [-0.25, -0.2) is 9.97 Å². The molecule has 7 heteroatoms. The molecular weight excluding hydrogens is 396 g/mol. The third-order valence-corrected chi connectivity index (χ3v) is 6.90. The maximum atomic E-state index is 12.9. The monoisotopic (exact) mass is 422 g/mol. The topological polar surface area (TPSA) is 58.6 Å². The number of para-hydroxylation sites is 1. The Morgan fingerprint density at radius 1 is 1.00 bits per heavy atom. The molecule has 5 rings (SSSR count). The number of nitrogens with zero attached hydrogens (tertiary/aromatic N) is 4. The molecule has 0 spiro atoms. The molecule has 0 radical (unpaired) electrons. The van der Waals surface area contributed by atoms with Gasteiger partial charge in [0.25, 0.3) is 11.1 Å². The zero-order valence-corrected chi connectivity index (χ0v) is 17.8. The maximum Gasteiger partial charge on any atom is 0.273 e. The molecule has 156 valence electrons. The summed E-state index contributed by atoms with van der Waals surface area (Å²) in [7, 11) is 0. The van der Waals surface area contributed by atoms with Crippen LogP contribution in [0.2, 0.25) is 0 Å². The van der Waals surface area contributed by atoms with E-state index in [0.717, 1.165) is 68.0 Å². The van der Waals surface area contributed by atoms with Crippen LogP contribution in [0, 0.1) is 0 Å². The van der Waals surface area contributed by atoms with Crippen LogP contribution in [0.1, 0.15) is 36.2 Å². The molecule has 0 atom stereocenters. The lowest BCUT2D eigenvalue weighted by atomic mass is 9.98. The van der Waals surface area contributed by atoms with Crippen molar-refractivity contribution in [2.75, 3.05) is 26.2 Å². The fourth-order valence-corrected chi connectivity index (χ4v) is 5.10. The number of piperidine rings is 2. The first-order chi connectivity index (χ1) is 14.8. The van der Waals surface area contributed by atoms with Crippen LogP contribution in [0.4, 0.5) is 0 Å². The van der Waals surface area contributed by atoms with Crippen molar-refractivity contribution < 1.29 is 9.53 Å². The summed E-state index contributed by atoms with van der Waals surface area (Å²) in [5.74, 6) is 0.0507. The van der Waals surface area contributed by atoms with Crippen LogP contribution in [0.3, 0.4) is 0 Å². The molecule has 3 aromatic rings. The van der Waals surface area contributed by atoms with Crippen molar-refractivity contribution in [3.63, 3.8) is 0 Å². The van der Waals surface area contributed by atoms with Gasteiger partial charge in [-0.05, 0) is 37.8 Å². The normalized spacial score (nSPS) is 19.3. The van der Waals surface area contributed by atoms with E-state index in [4.69, 9.17) is 4.74 Å². The Kier molecular flexibility index (Phi) is 5.64. The minimum atomic E-state index is 0.0507. The van der Waals surface area contributed by atoms with Crippen molar-refractivity contribution in [3.05, 3.63) is 53.7 Å². The lowest BCUT2D eigenvalue weighted by Crippen LogP contribution is -2.50. The van der Waals surface area contributed by atoms with E-state index in [0.29, 0.717) is 11.7 Å². The van der Waals surface area contributed by atoms with Crippen LogP contribution in [0.25, 0.3) is 10.9 Å². The molecule has 0 unspecified atom stereocenters. The second kappa shape index (κ2) is 8.70. The van der Waals surface area contributed by atoms with Crippen molar-refractivity contribution in [3.8, 4) is 5.19 Å². The van der Waals surface area contributed by atoms with Gasteiger partial charge in [-0.15, -0.1) is 0 Å². The van der Waals surface area contributed by atoms with E-state index in [1.165, 1.54) is 0 Å². The molecule has 4 heterocycles. The number of fused-ring (bicyclic) bond motifs is 1. The Labute approximate surface area is 180 Å². The van der Waals surface area contributed by atoms with Crippen molar-refractivity contribution in [1.29, 1.82) is 0 Å². The van der Waals surface area contributed by atoms with Gasteiger partial charge in [0.2, 0.25) is 0 Å². The summed E-state index contributed by atoms with van der Waals surface area (Å²) in [6, 6.07) is 12.3. The number of pyridine rings is 1. The number of rotatable bonds is 4. The standard InChI is InChI=1S/C23H26N4O2S/c28-22(21-6-5-17-3-1-2-4-20(17)25-21)27-12-7-18(8-13-27)26-14-9-19(10-15-26)29-23-24-11-16-30-23/h1-6,11,16,18-19H,7-10,12-15H2. The van der Waals surface area contributed by atoms with Crippen LogP contribution in [0.5, 0.6) is 5.19 Å². The minimum absolute atomic E-state index is 0.0507. The number of aromatic nitrogens is 2. The smallest absolute Gasteiger partial charge is 0.273 e. The van der Waals surface area contributed by atoms with E-state index in [1.807, 2.05) is 46.7 Å². The molecule has 1 aromatic carbocycles. The van der Waals surface area contributed by atoms with E-state index in [2.05, 4.69) is 14.9 Å². The summed E-state index contributed by atoms with van der Waals surface area (Å²) in [6.45, 7) is 3.71. The van der Waals surface area contributed by atoms with Crippen LogP contribution in [-0.2, 0) is 0 Å². The first-order valence-corrected chi connectivity index (χ1v) is 11.6. The van der Waals surface area contributed by atoms with Crippen molar-refractivity contribution in [2.45, 2.75) is 37.8 Å².